The molecule has 0 saturated heterocycles. The fraction of sp³-hybridized carbons (Fsp3) is 0.200. The van der Waals surface area contributed by atoms with Gasteiger partial charge in [-0.1, -0.05) is 29.8 Å². The number of anilines is 1. The van der Waals surface area contributed by atoms with Crippen LogP contribution in [0.25, 0.3) is 0 Å². The van der Waals surface area contributed by atoms with E-state index in [9.17, 15) is 8.42 Å². The van der Waals surface area contributed by atoms with Crippen molar-refractivity contribution < 1.29 is 13.5 Å². The van der Waals surface area contributed by atoms with Gasteiger partial charge in [0.1, 0.15) is 0 Å². The average Bonchev–Trinajstić information content (AvgIpc) is 2.42. The molecule has 0 saturated carbocycles. The number of aliphatic hydroxyl groups excluding tert-OH is 1. The highest BCUT2D eigenvalue weighted by molar-refractivity contribution is 7.92. The molecular weight excluding hydrogens is 310 g/mol. The first-order chi connectivity index (χ1) is 9.83. The van der Waals surface area contributed by atoms with E-state index < -0.39 is 10.0 Å². The van der Waals surface area contributed by atoms with Gasteiger partial charge in [-0.3, -0.25) is 4.72 Å². The molecule has 0 aliphatic carbocycles. The second-order valence-corrected chi connectivity index (χ2v) is 6.90. The fourth-order valence-electron chi connectivity index (χ4n) is 1.94. The molecule has 0 aromatic heterocycles. The molecule has 0 heterocycles. The maximum Gasteiger partial charge on any atom is 0.262 e. The number of halogens is 1. The van der Waals surface area contributed by atoms with Crippen molar-refractivity contribution in [2.45, 2.75) is 25.3 Å². The number of rotatable bonds is 4. The first-order valence-corrected chi connectivity index (χ1v) is 8.19. The molecule has 2 aromatic rings. The van der Waals surface area contributed by atoms with Crippen LogP contribution in [0.2, 0.25) is 5.02 Å². The molecule has 0 aliphatic rings. The van der Waals surface area contributed by atoms with E-state index in [1.807, 2.05) is 6.92 Å². The molecule has 21 heavy (non-hydrogen) atoms. The number of hydrogen-bond donors (Lipinski definition) is 2. The Balaban J connectivity index is 2.43. The summed E-state index contributed by atoms with van der Waals surface area (Å²) in [6.45, 7) is 3.36. The maximum absolute atomic E-state index is 12.5. The Morgan fingerprint density at radius 3 is 2.48 bits per heavy atom. The fourth-order valence-corrected chi connectivity index (χ4v) is 3.65. The summed E-state index contributed by atoms with van der Waals surface area (Å²) in [6, 6.07) is 9.90. The van der Waals surface area contributed by atoms with Crippen molar-refractivity contribution in [3.63, 3.8) is 0 Å². The molecule has 2 aromatic carbocycles. The molecule has 0 unspecified atom stereocenters. The van der Waals surface area contributed by atoms with Crippen LogP contribution in [0.3, 0.4) is 0 Å². The van der Waals surface area contributed by atoms with Crippen LogP contribution >= 0.6 is 11.6 Å². The lowest BCUT2D eigenvalue weighted by molar-refractivity contribution is 0.281. The summed E-state index contributed by atoms with van der Waals surface area (Å²) in [6.07, 6.45) is 0. The molecule has 0 fully saturated rings. The molecule has 2 rings (SSSR count). The summed E-state index contributed by atoms with van der Waals surface area (Å²) in [5, 5.41) is 9.49. The van der Waals surface area contributed by atoms with Crippen molar-refractivity contribution in [3.05, 3.63) is 58.1 Å². The smallest absolute Gasteiger partial charge is 0.262 e. The van der Waals surface area contributed by atoms with Gasteiger partial charge in [0.05, 0.1) is 22.2 Å². The molecule has 112 valence electrons. The number of aryl methyl sites for hydroxylation is 2. The predicted molar refractivity (Wildman–Crippen MR) is 84.1 cm³/mol. The number of hydrogen-bond acceptors (Lipinski definition) is 3. The number of sulfonamides is 1. The molecular formula is C15H16ClNO3S. The molecule has 0 radical (unpaired) electrons. The third-order valence-electron chi connectivity index (χ3n) is 3.09. The summed E-state index contributed by atoms with van der Waals surface area (Å²) < 4.78 is 27.4. The van der Waals surface area contributed by atoms with Crippen molar-refractivity contribution in [2.24, 2.45) is 0 Å². The lowest BCUT2D eigenvalue weighted by Gasteiger charge is -2.13. The number of aliphatic hydroxyl groups is 1. The summed E-state index contributed by atoms with van der Waals surface area (Å²) in [4.78, 5) is 0.130. The van der Waals surface area contributed by atoms with Crippen molar-refractivity contribution in [1.29, 1.82) is 0 Å². The first-order valence-electron chi connectivity index (χ1n) is 6.33. The zero-order valence-corrected chi connectivity index (χ0v) is 13.3. The molecule has 0 amide bonds. The monoisotopic (exact) mass is 325 g/mol. The Morgan fingerprint density at radius 1 is 1.14 bits per heavy atom. The van der Waals surface area contributed by atoms with E-state index in [0.717, 1.165) is 5.56 Å². The van der Waals surface area contributed by atoms with Crippen LogP contribution < -0.4 is 4.72 Å². The zero-order valence-electron chi connectivity index (χ0n) is 11.7. The largest absolute Gasteiger partial charge is 0.392 e. The summed E-state index contributed by atoms with van der Waals surface area (Å²) in [5.41, 5.74) is 2.41. The van der Waals surface area contributed by atoms with Crippen LogP contribution in [0.5, 0.6) is 0 Å². The molecule has 2 N–H and O–H groups in total. The van der Waals surface area contributed by atoms with Crippen molar-refractivity contribution in [2.75, 3.05) is 4.72 Å². The average molecular weight is 326 g/mol. The molecule has 0 bridgehead atoms. The van der Waals surface area contributed by atoms with Crippen LogP contribution in [0.4, 0.5) is 5.69 Å². The lowest BCUT2D eigenvalue weighted by Crippen LogP contribution is -2.15. The highest BCUT2D eigenvalue weighted by Gasteiger charge is 2.18. The predicted octanol–water partition coefficient (Wildman–Crippen LogP) is 3.25. The molecule has 0 aliphatic heterocycles. The molecule has 0 atom stereocenters. The van der Waals surface area contributed by atoms with E-state index in [0.29, 0.717) is 21.8 Å². The van der Waals surface area contributed by atoms with Gasteiger partial charge in [-0.15, -0.1) is 0 Å². The highest BCUT2D eigenvalue weighted by Crippen LogP contribution is 2.27. The SMILES string of the molecule is Cc1ccc(NS(=O)(=O)c2cc(CO)ccc2C)c(Cl)c1. The summed E-state index contributed by atoms with van der Waals surface area (Å²) >= 11 is 6.05. The maximum atomic E-state index is 12.5. The number of benzene rings is 2. The Labute approximate surface area is 129 Å². The van der Waals surface area contributed by atoms with Crippen LogP contribution in [-0.2, 0) is 16.6 Å². The van der Waals surface area contributed by atoms with Gasteiger partial charge < -0.3 is 5.11 Å². The normalized spacial score (nSPS) is 11.4. The Bertz CT molecular complexity index is 772. The van der Waals surface area contributed by atoms with E-state index in [4.69, 9.17) is 16.7 Å². The van der Waals surface area contributed by atoms with Gasteiger partial charge in [0.25, 0.3) is 10.0 Å². The first kappa shape index (κ1) is 15.8. The van der Waals surface area contributed by atoms with Crippen molar-refractivity contribution >= 4 is 27.3 Å². The topological polar surface area (TPSA) is 66.4 Å². The second kappa shape index (κ2) is 6.05. The van der Waals surface area contributed by atoms with E-state index in [-0.39, 0.29) is 11.5 Å². The molecule has 0 spiro atoms. The third-order valence-corrected chi connectivity index (χ3v) is 4.91. The van der Waals surface area contributed by atoms with Gasteiger partial charge in [0.2, 0.25) is 0 Å². The third kappa shape index (κ3) is 3.56. The minimum atomic E-state index is -3.76. The van der Waals surface area contributed by atoms with Crippen LogP contribution in [0.15, 0.2) is 41.3 Å². The van der Waals surface area contributed by atoms with E-state index in [1.165, 1.54) is 6.07 Å². The van der Waals surface area contributed by atoms with E-state index in [2.05, 4.69) is 4.72 Å². The Morgan fingerprint density at radius 2 is 1.86 bits per heavy atom. The molecule has 6 heteroatoms. The molecule has 4 nitrogen and oxygen atoms in total. The zero-order chi connectivity index (χ0) is 15.6. The van der Waals surface area contributed by atoms with Crippen LogP contribution in [0, 0.1) is 13.8 Å². The minimum Gasteiger partial charge on any atom is -0.392 e. The van der Waals surface area contributed by atoms with Crippen molar-refractivity contribution in [1.82, 2.24) is 0 Å². The Kier molecular flexibility index (Phi) is 4.56. The number of nitrogens with one attached hydrogen (secondary N) is 1. The van der Waals surface area contributed by atoms with Gasteiger partial charge in [-0.25, -0.2) is 8.42 Å². The summed E-state index contributed by atoms with van der Waals surface area (Å²) in [5.74, 6) is 0. The van der Waals surface area contributed by atoms with Gasteiger partial charge in [-0.05, 0) is 48.7 Å². The van der Waals surface area contributed by atoms with Gasteiger partial charge >= 0.3 is 0 Å². The second-order valence-electron chi connectivity index (χ2n) is 4.85. The highest BCUT2D eigenvalue weighted by atomic mass is 35.5. The Hall–Kier alpha value is -1.56. The standard InChI is InChI=1S/C15H16ClNO3S/c1-10-3-6-14(13(16)7-10)17-21(19,20)15-8-12(9-18)5-4-11(15)2/h3-8,17-18H,9H2,1-2H3. The van der Waals surface area contributed by atoms with Gasteiger partial charge in [0, 0.05) is 0 Å². The quantitative estimate of drug-likeness (QED) is 0.906. The van der Waals surface area contributed by atoms with Crippen LogP contribution in [-0.4, -0.2) is 13.5 Å². The van der Waals surface area contributed by atoms with Crippen LogP contribution in [0.1, 0.15) is 16.7 Å². The van der Waals surface area contributed by atoms with Crippen molar-refractivity contribution in [3.8, 4) is 0 Å². The summed E-state index contributed by atoms with van der Waals surface area (Å²) in [7, 11) is -3.76. The van der Waals surface area contributed by atoms with Gasteiger partial charge in [-0.2, -0.15) is 0 Å². The van der Waals surface area contributed by atoms with Gasteiger partial charge in [0.15, 0.2) is 0 Å². The lowest BCUT2D eigenvalue weighted by atomic mass is 10.2. The van der Waals surface area contributed by atoms with E-state index in [1.54, 1.807) is 37.3 Å². The minimum absolute atomic E-state index is 0.130. The van der Waals surface area contributed by atoms with E-state index >= 15 is 0 Å².